The monoisotopic (exact) mass is 373 g/mol. The molecule has 1 fully saturated rings. The van der Waals surface area contributed by atoms with Gasteiger partial charge in [-0.3, -0.25) is 0 Å². The average Bonchev–Trinajstić information content (AvgIpc) is 3.01. The van der Waals surface area contributed by atoms with Crippen molar-refractivity contribution in [1.82, 2.24) is 15.3 Å². The van der Waals surface area contributed by atoms with Crippen LogP contribution in [0.15, 0.2) is 18.2 Å². The summed E-state index contributed by atoms with van der Waals surface area (Å²) in [5.41, 5.74) is 1.34. The second-order valence-corrected chi connectivity index (χ2v) is 9.24. The van der Waals surface area contributed by atoms with E-state index in [0.29, 0.717) is 5.82 Å². The third-order valence-electron chi connectivity index (χ3n) is 5.46. The van der Waals surface area contributed by atoms with Crippen LogP contribution in [-0.4, -0.2) is 39.5 Å². The summed E-state index contributed by atoms with van der Waals surface area (Å²) in [5.74, 6) is 0.589. The third kappa shape index (κ3) is 3.68. The second kappa shape index (κ2) is 6.24. The van der Waals surface area contributed by atoms with Crippen molar-refractivity contribution in [2.45, 2.75) is 65.7 Å². The fraction of sp³-hybridized carbons (Fsp3) is 0.579. The number of benzene rings is 1. The Hall–Kier alpha value is -2.06. The van der Waals surface area contributed by atoms with Gasteiger partial charge < -0.3 is 24.7 Å². The molecule has 0 radical (unpaired) electrons. The van der Waals surface area contributed by atoms with Crippen LogP contribution >= 0.6 is 0 Å². The van der Waals surface area contributed by atoms with Crippen molar-refractivity contribution < 1.29 is 19.2 Å². The van der Waals surface area contributed by atoms with Gasteiger partial charge in [-0.2, -0.15) is 0 Å². The van der Waals surface area contributed by atoms with E-state index in [4.69, 9.17) is 9.31 Å². The van der Waals surface area contributed by atoms with Crippen LogP contribution in [0, 0.1) is 5.41 Å². The molecule has 27 heavy (non-hydrogen) atoms. The van der Waals surface area contributed by atoms with Crippen LogP contribution in [0.1, 0.15) is 60.3 Å². The van der Waals surface area contributed by atoms with Gasteiger partial charge in [0, 0.05) is 0 Å². The molecular formula is C19H28BN3O4. The molecule has 1 saturated heterocycles. The number of carbonyl (C=O) groups is 1. The van der Waals surface area contributed by atoms with Crippen LogP contribution in [0.2, 0.25) is 0 Å². The zero-order valence-corrected chi connectivity index (χ0v) is 17.0. The standard InChI is InChI=1S/C19H28BN3O4/c1-17(2,3)14(23-16(24)25)15-21-12-9-8-11(10-13(12)22-15)20-26-18(4,5)19(6,7)27-20/h8-10,14,23H,1-7H3,(H,21,22)(H,24,25). The van der Waals surface area contributed by atoms with Crippen molar-refractivity contribution in [2.24, 2.45) is 5.41 Å². The first-order valence-corrected chi connectivity index (χ1v) is 9.15. The van der Waals surface area contributed by atoms with E-state index in [-0.39, 0.29) is 5.41 Å². The normalized spacial score (nSPS) is 20.0. The fourth-order valence-corrected chi connectivity index (χ4v) is 3.13. The highest BCUT2D eigenvalue weighted by atomic mass is 16.7. The van der Waals surface area contributed by atoms with Crippen LogP contribution in [0.5, 0.6) is 0 Å². The molecule has 7 nitrogen and oxygen atoms in total. The van der Waals surface area contributed by atoms with Gasteiger partial charge in [0.15, 0.2) is 0 Å². The molecule has 2 heterocycles. The summed E-state index contributed by atoms with van der Waals surface area (Å²) >= 11 is 0. The number of amides is 1. The number of nitrogens with zero attached hydrogens (tertiary/aromatic N) is 1. The molecule has 0 spiro atoms. The zero-order chi connectivity index (χ0) is 20.2. The number of fused-ring (bicyclic) bond motifs is 1. The third-order valence-corrected chi connectivity index (χ3v) is 5.46. The minimum atomic E-state index is -1.08. The van der Waals surface area contributed by atoms with Crippen molar-refractivity contribution >= 4 is 29.7 Å². The SMILES string of the molecule is CC(C)(C)C(NC(=O)O)c1nc2ccc(B3OC(C)(C)C(C)(C)O3)cc2[nH]1. The molecule has 0 saturated carbocycles. The first kappa shape index (κ1) is 19.7. The zero-order valence-electron chi connectivity index (χ0n) is 17.0. The number of H-pyrrole nitrogens is 1. The van der Waals surface area contributed by atoms with Gasteiger partial charge in [-0.05, 0) is 50.7 Å². The molecule has 0 aliphatic carbocycles. The molecule has 8 heteroatoms. The summed E-state index contributed by atoms with van der Waals surface area (Å²) in [7, 11) is -0.457. The van der Waals surface area contributed by atoms with Crippen LogP contribution in [0.3, 0.4) is 0 Å². The molecule has 0 bridgehead atoms. The predicted molar refractivity (Wildman–Crippen MR) is 105 cm³/mol. The maximum Gasteiger partial charge on any atom is 0.494 e. The summed E-state index contributed by atoms with van der Waals surface area (Å²) in [6.07, 6.45) is -1.08. The number of hydrogen-bond acceptors (Lipinski definition) is 4. The minimum Gasteiger partial charge on any atom is -0.465 e. The van der Waals surface area contributed by atoms with Crippen LogP contribution < -0.4 is 10.8 Å². The topological polar surface area (TPSA) is 96.5 Å². The first-order chi connectivity index (χ1) is 12.3. The van der Waals surface area contributed by atoms with Crippen LogP contribution in [-0.2, 0) is 9.31 Å². The van der Waals surface area contributed by atoms with E-state index in [0.717, 1.165) is 16.5 Å². The predicted octanol–water partition coefficient (Wildman–Crippen LogP) is 3.22. The average molecular weight is 373 g/mol. The number of nitrogens with one attached hydrogen (secondary N) is 2. The van der Waals surface area contributed by atoms with Crippen molar-refractivity contribution in [3.8, 4) is 0 Å². The number of hydrogen-bond donors (Lipinski definition) is 3. The highest BCUT2D eigenvalue weighted by Gasteiger charge is 2.51. The smallest absolute Gasteiger partial charge is 0.465 e. The van der Waals surface area contributed by atoms with E-state index in [9.17, 15) is 9.90 Å². The number of aromatic amines is 1. The Balaban J connectivity index is 1.95. The Morgan fingerprint density at radius 2 is 1.81 bits per heavy atom. The molecule has 1 aromatic carbocycles. The Labute approximate surface area is 160 Å². The summed E-state index contributed by atoms with van der Waals surface area (Å²) in [6.45, 7) is 14.0. The van der Waals surface area contributed by atoms with Crippen molar-refractivity contribution in [3.63, 3.8) is 0 Å². The second-order valence-electron chi connectivity index (χ2n) is 9.24. The van der Waals surface area contributed by atoms with E-state index < -0.39 is 30.5 Å². The lowest BCUT2D eigenvalue weighted by atomic mass is 9.79. The molecule has 1 amide bonds. The quantitative estimate of drug-likeness (QED) is 0.718. The largest absolute Gasteiger partial charge is 0.494 e. The fourth-order valence-electron chi connectivity index (χ4n) is 3.13. The van der Waals surface area contributed by atoms with E-state index in [1.54, 1.807) is 0 Å². The maximum absolute atomic E-state index is 11.2. The molecule has 1 unspecified atom stereocenters. The van der Waals surface area contributed by atoms with Gasteiger partial charge in [-0.1, -0.05) is 26.8 Å². The molecule has 1 aliphatic heterocycles. The van der Waals surface area contributed by atoms with Crippen molar-refractivity contribution in [1.29, 1.82) is 0 Å². The highest BCUT2D eigenvalue weighted by Crippen LogP contribution is 2.37. The van der Waals surface area contributed by atoms with Gasteiger partial charge in [0.05, 0.1) is 28.3 Å². The molecule has 3 N–H and O–H groups in total. The molecule has 1 atom stereocenters. The minimum absolute atomic E-state index is 0.333. The first-order valence-electron chi connectivity index (χ1n) is 9.15. The lowest BCUT2D eigenvalue weighted by molar-refractivity contribution is 0.00578. The van der Waals surface area contributed by atoms with E-state index in [2.05, 4.69) is 15.3 Å². The Morgan fingerprint density at radius 3 is 2.33 bits per heavy atom. The highest BCUT2D eigenvalue weighted by molar-refractivity contribution is 6.62. The lowest BCUT2D eigenvalue weighted by Gasteiger charge is -2.32. The Morgan fingerprint density at radius 1 is 1.22 bits per heavy atom. The van der Waals surface area contributed by atoms with Gasteiger partial charge >= 0.3 is 13.2 Å². The lowest BCUT2D eigenvalue weighted by Crippen LogP contribution is -2.41. The van der Waals surface area contributed by atoms with Gasteiger partial charge in [0.25, 0.3) is 0 Å². The summed E-state index contributed by atoms with van der Waals surface area (Å²) < 4.78 is 12.2. The summed E-state index contributed by atoms with van der Waals surface area (Å²) in [6, 6.07) is 5.33. The molecule has 3 rings (SSSR count). The van der Waals surface area contributed by atoms with Gasteiger partial charge in [0.2, 0.25) is 0 Å². The number of carboxylic acid groups (broad SMARTS) is 1. The number of imidazole rings is 1. The van der Waals surface area contributed by atoms with E-state index in [1.165, 1.54) is 0 Å². The number of rotatable bonds is 3. The molecule has 2 aromatic rings. The molecule has 1 aliphatic rings. The van der Waals surface area contributed by atoms with Crippen LogP contribution in [0.25, 0.3) is 11.0 Å². The Bertz CT molecular complexity index is 853. The Kier molecular flexibility index (Phi) is 4.55. The van der Waals surface area contributed by atoms with Gasteiger partial charge in [-0.15, -0.1) is 0 Å². The number of aromatic nitrogens is 2. The molecule has 146 valence electrons. The maximum atomic E-state index is 11.2. The van der Waals surface area contributed by atoms with E-state index >= 15 is 0 Å². The molecular weight excluding hydrogens is 345 g/mol. The summed E-state index contributed by atoms with van der Waals surface area (Å²) in [5, 5.41) is 11.7. The van der Waals surface area contributed by atoms with Gasteiger partial charge in [0.1, 0.15) is 5.82 Å². The van der Waals surface area contributed by atoms with Crippen molar-refractivity contribution in [2.75, 3.05) is 0 Å². The van der Waals surface area contributed by atoms with Gasteiger partial charge in [-0.25, -0.2) is 9.78 Å². The summed E-state index contributed by atoms with van der Waals surface area (Å²) in [4.78, 5) is 19.1. The molecule has 1 aromatic heterocycles. The van der Waals surface area contributed by atoms with E-state index in [1.807, 2.05) is 66.7 Å². The van der Waals surface area contributed by atoms with Crippen LogP contribution in [0.4, 0.5) is 4.79 Å². The van der Waals surface area contributed by atoms with Crippen molar-refractivity contribution in [3.05, 3.63) is 24.0 Å².